The average molecular weight is 822 g/mol. The Morgan fingerprint density at radius 3 is 1.47 bits per heavy atom. The lowest BCUT2D eigenvalue weighted by atomic mass is 10.1. The molecule has 2 fully saturated rings. The molecule has 0 radical (unpaired) electrons. The third-order valence-electron chi connectivity index (χ3n) is 9.34. The predicted octanol–water partition coefficient (Wildman–Crippen LogP) is 7.97. The van der Waals surface area contributed by atoms with Crippen LogP contribution < -0.4 is 15.1 Å². The Morgan fingerprint density at radius 2 is 1.08 bits per heavy atom. The monoisotopic (exact) mass is 821 g/mol. The maximum Gasteiger partial charge on any atom is 0.471 e. The summed E-state index contributed by atoms with van der Waals surface area (Å²) in [5.41, 5.74) is 3.63. The molecule has 0 spiro atoms. The van der Waals surface area contributed by atoms with Crippen molar-refractivity contribution in [1.82, 2.24) is 25.3 Å². The number of nitrogens with zero attached hydrogens (tertiary/aromatic N) is 6. The van der Waals surface area contributed by atoms with E-state index < -0.39 is 36.5 Å². The highest BCUT2D eigenvalue weighted by Gasteiger charge is 2.39. The Kier molecular flexibility index (Phi) is 13.0. The zero-order valence-corrected chi connectivity index (χ0v) is 31.2. The van der Waals surface area contributed by atoms with Gasteiger partial charge in [0, 0.05) is 48.7 Å². The largest absolute Gasteiger partial charge is 0.471 e. The summed E-state index contributed by atoms with van der Waals surface area (Å²) in [7, 11) is 0. The molecule has 4 aromatic carbocycles. The van der Waals surface area contributed by atoms with E-state index in [0.29, 0.717) is 25.2 Å². The summed E-state index contributed by atoms with van der Waals surface area (Å²) < 4.78 is 79.2. The molecule has 0 unspecified atom stereocenters. The number of rotatable bonds is 10. The van der Waals surface area contributed by atoms with Gasteiger partial charge in [-0.3, -0.25) is 19.4 Å². The number of hydrogen-bond donors (Lipinski definition) is 1. The van der Waals surface area contributed by atoms with Crippen LogP contribution in [0, 0.1) is 0 Å². The summed E-state index contributed by atoms with van der Waals surface area (Å²) in [6, 6.07) is 31.2. The van der Waals surface area contributed by atoms with E-state index in [2.05, 4.69) is 10.2 Å². The Balaban J connectivity index is 0.000000198. The van der Waals surface area contributed by atoms with E-state index in [4.69, 9.17) is 4.42 Å². The number of para-hydroxylation sites is 2. The van der Waals surface area contributed by atoms with Crippen LogP contribution in [0.4, 0.5) is 47.3 Å². The molecule has 5 aromatic rings. The van der Waals surface area contributed by atoms with Gasteiger partial charge in [-0.2, -0.15) is 26.3 Å². The van der Waals surface area contributed by atoms with Crippen molar-refractivity contribution in [2.75, 3.05) is 42.5 Å². The second-order valence-electron chi connectivity index (χ2n) is 13.5. The fourth-order valence-corrected chi connectivity index (χ4v) is 5.84. The molecule has 2 aliphatic heterocycles. The number of amides is 5. The SMILES string of the molecule is O=C(CNC(=O)C(F)(F)F)c1ccc(CN(C(=O)N2CCC2)c2ccccc2)cc1.O=C(N1CCC1)N(Cc1ccc(-c2nnc(C(F)(F)F)o2)cc1)c1ccccc1. The number of carbonyl (C=O) groups is 4. The number of Topliss-reactive ketones (excluding diaryl/α,β-unsaturated/α-hetero) is 1. The molecule has 308 valence electrons. The highest BCUT2D eigenvalue weighted by atomic mass is 19.4. The van der Waals surface area contributed by atoms with E-state index in [1.165, 1.54) is 12.1 Å². The van der Waals surface area contributed by atoms with Gasteiger partial charge >= 0.3 is 36.2 Å². The summed E-state index contributed by atoms with van der Waals surface area (Å²) >= 11 is 0. The number of nitrogens with one attached hydrogen (secondary N) is 1. The number of ketones is 1. The van der Waals surface area contributed by atoms with Gasteiger partial charge in [0.05, 0.1) is 19.6 Å². The van der Waals surface area contributed by atoms with Crippen LogP contribution >= 0.6 is 0 Å². The minimum Gasteiger partial charge on any atom is -0.413 e. The summed E-state index contributed by atoms with van der Waals surface area (Å²) in [5.74, 6) is -4.39. The first-order valence-corrected chi connectivity index (χ1v) is 18.4. The average Bonchev–Trinajstić information content (AvgIpc) is 3.69. The summed E-state index contributed by atoms with van der Waals surface area (Å²) in [4.78, 5) is 55.3. The highest BCUT2D eigenvalue weighted by Crippen LogP contribution is 2.31. The van der Waals surface area contributed by atoms with Crippen molar-refractivity contribution >= 4 is 35.1 Å². The maximum absolute atomic E-state index is 12.8. The Labute approximate surface area is 334 Å². The third kappa shape index (κ3) is 10.8. The second-order valence-corrected chi connectivity index (χ2v) is 13.5. The van der Waals surface area contributed by atoms with Gasteiger partial charge in [0.25, 0.3) is 0 Å². The van der Waals surface area contributed by atoms with Crippen LogP contribution in [0.1, 0.15) is 40.2 Å². The van der Waals surface area contributed by atoms with Crippen molar-refractivity contribution in [1.29, 1.82) is 0 Å². The minimum atomic E-state index is -5.03. The molecule has 12 nitrogen and oxygen atoms in total. The van der Waals surface area contributed by atoms with Crippen LogP contribution in [0.15, 0.2) is 114 Å². The topological polar surface area (TPSA) is 132 Å². The summed E-state index contributed by atoms with van der Waals surface area (Å²) in [6.07, 6.45) is -7.75. The number of benzene rings is 4. The van der Waals surface area contributed by atoms with Gasteiger partial charge in [-0.15, -0.1) is 10.2 Å². The summed E-state index contributed by atoms with van der Waals surface area (Å²) in [5, 5.41) is 8.04. The number of hydrogen-bond acceptors (Lipinski definition) is 7. The molecule has 2 saturated heterocycles. The number of urea groups is 2. The molecule has 0 atom stereocenters. The van der Waals surface area contributed by atoms with E-state index in [-0.39, 0.29) is 30.1 Å². The predicted molar refractivity (Wildman–Crippen MR) is 203 cm³/mol. The van der Waals surface area contributed by atoms with Crippen molar-refractivity contribution in [2.45, 2.75) is 38.3 Å². The van der Waals surface area contributed by atoms with Crippen molar-refractivity contribution in [3.63, 3.8) is 0 Å². The van der Waals surface area contributed by atoms with Gasteiger partial charge < -0.3 is 19.5 Å². The van der Waals surface area contributed by atoms with Crippen LogP contribution in [-0.2, 0) is 24.1 Å². The van der Waals surface area contributed by atoms with Crippen LogP contribution in [-0.4, -0.2) is 82.6 Å². The fourth-order valence-electron chi connectivity index (χ4n) is 5.84. The van der Waals surface area contributed by atoms with Gasteiger partial charge in [-0.25, -0.2) is 9.59 Å². The number of alkyl halides is 6. The van der Waals surface area contributed by atoms with Gasteiger partial charge in [0.1, 0.15) is 0 Å². The van der Waals surface area contributed by atoms with E-state index in [0.717, 1.165) is 48.4 Å². The molecule has 18 heteroatoms. The van der Waals surface area contributed by atoms with Crippen LogP contribution in [0.2, 0.25) is 0 Å². The van der Waals surface area contributed by atoms with Crippen molar-refractivity contribution in [3.05, 3.63) is 132 Å². The number of carbonyl (C=O) groups excluding carboxylic acids is 4. The second kappa shape index (κ2) is 18.3. The lowest BCUT2D eigenvalue weighted by Crippen LogP contribution is -2.49. The molecule has 0 bridgehead atoms. The molecule has 1 N–H and O–H groups in total. The highest BCUT2D eigenvalue weighted by molar-refractivity contribution is 6.00. The number of anilines is 2. The van der Waals surface area contributed by atoms with Crippen LogP contribution in [0.5, 0.6) is 0 Å². The van der Waals surface area contributed by atoms with E-state index in [1.807, 2.05) is 60.7 Å². The van der Waals surface area contributed by atoms with Gasteiger partial charge in [-0.05, 0) is 60.4 Å². The maximum atomic E-state index is 12.8. The van der Waals surface area contributed by atoms with Gasteiger partial charge in [-0.1, -0.05) is 72.8 Å². The molecule has 5 amide bonds. The Bertz CT molecular complexity index is 2210. The quantitative estimate of drug-likeness (QED) is 0.112. The number of likely N-dealkylation sites (tertiary alicyclic amines) is 2. The minimum absolute atomic E-state index is 0.0711. The molecule has 0 saturated carbocycles. The molecule has 2 aliphatic rings. The zero-order chi connectivity index (χ0) is 42.2. The molecule has 1 aromatic heterocycles. The molecular formula is C41H37F6N7O5. The molecular weight excluding hydrogens is 784 g/mol. The van der Waals surface area contributed by atoms with Crippen LogP contribution in [0.3, 0.4) is 0 Å². The van der Waals surface area contributed by atoms with Crippen molar-refractivity contribution in [2.24, 2.45) is 0 Å². The smallest absolute Gasteiger partial charge is 0.413 e. The normalized spacial score (nSPS) is 13.6. The van der Waals surface area contributed by atoms with E-state index in [1.54, 1.807) is 61.3 Å². The van der Waals surface area contributed by atoms with E-state index >= 15 is 0 Å². The zero-order valence-electron chi connectivity index (χ0n) is 31.2. The first-order chi connectivity index (χ1) is 28.2. The third-order valence-corrected chi connectivity index (χ3v) is 9.34. The Morgan fingerprint density at radius 1 is 0.627 bits per heavy atom. The standard InChI is InChI=1S/C21H20F3N3O3.C20H17F3N4O2/c22-21(23,24)19(29)25-13-18(28)16-9-7-15(8-10-16)14-27(17-5-2-1-3-6-17)20(30)26-11-4-12-26;21-20(22,23)18-25-24-17(29-18)15-9-7-14(8-10-15)13-27(16-5-2-1-3-6-16)19(28)26-11-4-12-26/h1-3,5-10H,4,11-14H2,(H,25,29);1-3,5-10H,4,11-13H2. The molecule has 59 heavy (non-hydrogen) atoms. The van der Waals surface area contributed by atoms with Gasteiger partial charge in [0.15, 0.2) is 5.78 Å². The first-order valence-electron chi connectivity index (χ1n) is 18.4. The van der Waals surface area contributed by atoms with Crippen LogP contribution in [0.25, 0.3) is 11.5 Å². The lowest BCUT2D eigenvalue weighted by Gasteiger charge is -2.36. The fraction of sp³-hybridized carbons (Fsp3) is 0.268. The lowest BCUT2D eigenvalue weighted by molar-refractivity contribution is -0.173. The van der Waals surface area contributed by atoms with Crippen molar-refractivity contribution < 1.29 is 49.9 Å². The molecule has 0 aliphatic carbocycles. The molecule has 7 rings (SSSR count). The number of aromatic nitrogens is 2. The Hall–Kier alpha value is -6.72. The van der Waals surface area contributed by atoms with Gasteiger partial charge in [0.2, 0.25) is 5.89 Å². The van der Waals surface area contributed by atoms with Crippen molar-refractivity contribution in [3.8, 4) is 11.5 Å². The van der Waals surface area contributed by atoms with E-state index in [9.17, 15) is 45.5 Å². The summed E-state index contributed by atoms with van der Waals surface area (Å²) in [6.45, 7) is 2.75. The molecule has 3 heterocycles. The number of halogens is 6. The first kappa shape index (κ1) is 41.9.